The highest BCUT2D eigenvalue weighted by molar-refractivity contribution is 5.97. The number of methoxy groups -OCH3 is 2. The average Bonchev–Trinajstić information content (AvgIpc) is 3.21. The molecule has 0 aromatic heterocycles. The number of amides is 1. The van der Waals surface area contributed by atoms with E-state index in [0.717, 1.165) is 6.07 Å². The topological polar surface area (TPSA) is 65.8 Å². The molecule has 0 radical (unpaired) electrons. The molecule has 0 saturated carbocycles. The number of fused-ring (bicyclic) bond motifs is 1. The second-order valence-corrected chi connectivity index (χ2v) is 8.91. The standard InChI is InChI=1S/C25H26F3N3O3/c1-33-16-24-9-10-30(23(32)20-5-3-4-6-22(20)34-2)13-18(24)14-31(15-24)19-8-7-17(12-29)21(11-19)25(26,27)28/h3-8,11,18H,9-10,13-16H2,1-2H3/t18-,24+/m1/s1. The normalized spacial score (nSPS) is 22.3. The predicted octanol–water partition coefficient (Wildman–Crippen LogP) is 4.20. The summed E-state index contributed by atoms with van der Waals surface area (Å²) in [6.45, 7) is 2.45. The van der Waals surface area contributed by atoms with E-state index in [-0.39, 0.29) is 17.2 Å². The van der Waals surface area contributed by atoms with Crippen molar-refractivity contribution in [3.8, 4) is 11.8 Å². The zero-order chi connectivity index (χ0) is 24.5. The molecule has 9 heteroatoms. The number of nitriles is 1. The molecule has 2 fully saturated rings. The van der Waals surface area contributed by atoms with Crippen LogP contribution in [-0.4, -0.2) is 57.8 Å². The SMILES string of the molecule is COC[C@@]12CCN(C(=O)c3ccccc3OC)C[C@@H]1CN(c1ccc(C#N)c(C(F)(F)F)c1)C2. The number of hydrogen-bond acceptors (Lipinski definition) is 5. The first kappa shape index (κ1) is 23.9. The molecule has 2 aliphatic heterocycles. The summed E-state index contributed by atoms with van der Waals surface area (Å²) in [5.74, 6) is 0.399. The van der Waals surface area contributed by atoms with E-state index in [9.17, 15) is 18.0 Å². The molecule has 2 heterocycles. The van der Waals surface area contributed by atoms with Gasteiger partial charge in [-0.3, -0.25) is 4.79 Å². The van der Waals surface area contributed by atoms with Crippen LogP contribution in [0.5, 0.6) is 5.75 Å². The number of piperidine rings is 1. The van der Waals surface area contributed by atoms with E-state index >= 15 is 0 Å². The molecule has 0 aliphatic carbocycles. The number of alkyl halides is 3. The van der Waals surface area contributed by atoms with Gasteiger partial charge < -0.3 is 19.3 Å². The Bertz CT molecular complexity index is 1110. The summed E-state index contributed by atoms with van der Waals surface area (Å²) >= 11 is 0. The minimum Gasteiger partial charge on any atom is -0.496 e. The number of halogens is 3. The molecule has 2 aromatic rings. The number of hydrogen-bond donors (Lipinski definition) is 0. The number of carbonyl (C=O) groups is 1. The lowest BCUT2D eigenvalue weighted by atomic mass is 9.73. The van der Waals surface area contributed by atoms with Crippen LogP contribution in [0.25, 0.3) is 0 Å². The van der Waals surface area contributed by atoms with E-state index in [1.54, 1.807) is 48.4 Å². The molecular formula is C25H26F3N3O3. The number of ether oxygens (including phenoxy) is 2. The number of anilines is 1. The summed E-state index contributed by atoms with van der Waals surface area (Å²) in [6.07, 6.45) is -3.94. The summed E-state index contributed by atoms with van der Waals surface area (Å²) in [6, 6.07) is 12.5. The van der Waals surface area contributed by atoms with E-state index in [1.807, 2.05) is 4.90 Å². The molecule has 0 N–H and O–H groups in total. The summed E-state index contributed by atoms with van der Waals surface area (Å²) in [7, 11) is 3.14. The molecule has 0 unspecified atom stereocenters. The molecule has 180 valence electrons. The van der Waals surface area contributed by atoms with Crippen LogP contribution in [0, 0.1) is 22.7 Å². The number of rotatable bonds is 5. The zero-order valence-corrected chi connectivity index (χ0v) is 19.1. The molecule has 1 amide bonds. The molecule has 2 saturated heterocycles. The Labute approximate surface area is 196 Å². The summed E-state index contributed by atoms with van der Waals surface area (Å²) in [5, 5.41) is 9.10. The van der Waals surface area contributed by atoms with Gasteiger partial charge in [-0.15, -0.1) is 0 Å². The Morgan fingerprint density at radius 1 is 1.21 bits per heavy atom. The van der Waals surface area contributed by atoms with Crippen molar-refractivity contribution in [2.45, 2.75) is 12.6 Å². The van der Waals surface area contributed by atoms with Crippen molar-refractivity contribution in [1.82, 2.24) is 4.90 Å². The van der Waals surface area contributed by atoms with Crippen LogP contribution in [0.3, 0.4) is 0 Å². The molecule has 34 heavy (non-hydrogen) atoms. The van der Waals surface area contributed by atoms with Crippen LogP contribution in [0.2, 0.25) is 0 Å². The van der Waals surface area contributed by atoms with Crippen LogP contribution >= 0.6 is 0 Å². The van der Waals surface area contributed by atoms with Gasteiger partial charge in [-0.2, -0.15) is 18.4 Å². The van der Waals surface area contributed by atoms with Crippen molar-refractivity contribution in [1.29, 1.82) is 5.26 Å². The van der Waals surface area contributed by atoms with E-state index in [2.05, 4.69) is 0 Å². The molecular weight excluding hydrogens is 447 g/mol. The maximum atomic E-state index is 13.5. The predicted molar refractivity (Wildman–Crippen MR) is 120 cm³/mol. The van der Waals surface area contributed by atoms with Gasteiger partial charge in [0.25, 0.3) is 5.91 Å². The smallest absolute Gasteiger partial charge is 0.417 e. The second kappa shape index (κ2) is 9.18. The van der Waals surface area contributed by atoms with Crippen LogP contribution in [0.4, 0.5) is 18.9 Å². The lowest BCUT2D eigenvalue weighted by Gasteiger charge is -2.43. The summed E-state index contributed by atoms with van der Waals surface area (Å²) in [4.78, 5) is 17.0. The summed E-state index contributed by atoms with van der Waals surface area (Å²) in [5.41, 5.74) is -0.706. The maximum absolute atomic E-state index is 13.5. The minimum absolute atomic E-state index is 0.0184. The van der Waals surface area contributed by atoms with Crippen LogP contribution in [0.1, 0.15) is 27.9 Å². The molecule has 6 nitrogen and oxygen atoms in total. The number of para-hydroxylation sites is 1. The largest absolute Gasteiger partial charge is 0.496 e. The molecule has 0 bridgehead atoms. The van der Waals surface area contributed by atoms with Crippen LogP contribution in [-0.2, 0) is 10.9 Å². The lowest BCUT2D eigenvalue weighted by molar-refractivity contribution is -0.137. The lowest BCUT2D eigenvalue weighted by Crippen LogP contribution is -2.50. The highest BCUT2D eigenvalue weighted by atomic mass is 19.4. The first-order valence-electron chi connectivity index (χ1n) is 11.0. The number of carbonyl (C=O) groups excluding carboxylic acids is 1. The van der Waals surface area contributed by atoms with Gasteiger partial charge in [0.05, 0.1) is 36.5 Å². The van der Waals surface area contributed by atoms with Gasteiger partial charge in [-0.05, 0) is 36.8 Å². The van der Waals surface area contributed by atoms with Crippen molar-refractivity contribution in [2.75, 3.05) is 51.9 Å². The Morgan fingerprint density at radius 3 is 2.65 bits per heavy atom. The Hall–Kier alpha value is -3.25. The Kier molecular flexibility index (Phi) is 6.45. The fraction of sp³-hybridized carbons (Fsp3) is 0.440. The third kappa shape index (κ3) is 4.30. The van der Waals surface area contributed by atoms with E-state index < -0.39 is 17.3 Å². The Balaban J connectivity index is 1.60. The Morgan fingerprint density at radius 2 is 1.97 bits per heavy atom. The fourth-order valence-corrected chi connectivity index (χ4v) is 5.24. The molecule has 0 spiro atoms. The van der Waals surface area contributed by atoms with Crippen molar-refractivity contribution in [3.63, 3.8) is 0 Å². The van der Waals surface area contributed by atoms with Gasteiger partial charge >= 0.3 is 6.18 Å². The van der Waals surface area contributed by atoms with Gasteiger partial charge in [0.2, 0.25) is 0 Å². The van der Waals surface area contributed by atoms with Crippen molar-refractivity contribution in [2.24, 2.45) is 11.3 Å². The highest BCUT2D eigenvalue weighted by Gasteiger charge is 2.50. The number of benzene rings is 2. The van der Waals surface area contributed by atoms with Gasteiger partial charge in [0, 0.05) is 50.3 Å². The van der Waals surface area contributed by atoms with Crippen molar-refractivity contribution >= 4 is 11.6 Å². The molecule has 2 aliphatic rings. The van der Waals surface area contributed by atoms with E-state index in [0.29, 0.717) is 56.2 Å². The van der Waals surface area contributed by atoms with Gasteiger partial charge in [0.15, 0.2) is 0 Å². The molecule has 4 rings (SSSR count). The van der Waals surface area contributed by atoms with Crippen molar-refractivity contribution in [3.05, 3.63) is 59.2 Å². The van der Waals surface area contributed by atoms with Crippen molar-refractivity contribution < 1.29 is 27.4 Å². The number of likely N-dealkylation sites (tertiary alicyclic amines) is 1. The minimum atomic E-state index is -4.62. The number of nitrogens with zero attached hydrogens (tertiary/aromatic N) is 3. The second-order valence-electron chi connectivity index (χ2n) is 8.91. The highest BCUT2D eigenvalue weighted by Crippen LogP contribution is 2.46. The third-order valence-electron chi connectivity index (χ3n) is 6.98. The van der Waals surface area contributed by atoms with Gasteiger partial charge in [-0.25, -0.2) is 0 Å². The summed E-state index contributed by atoms with van der Waals surface area (Å²) < 4.78 is 51.4. The third-order valence-corrected chi connectivity index (χ3v) is 6.98. The van der Waals surface area contributed by atoms with Gasteiger partial charge in [0.1, 0.15) is 5.75 Å². The first-order chi connectivity index (χ1) is 16.2. The maximum Gasteiger partial charge on any atom is 0.417 e. The quantitative estimate of drug-likeness (QED) is 0.651. The van der Waals surface area contributed by atoms with E-state index in [1.165, 1.54) is 13.2 Å². The first-order valence-corrected chi connectivity index (χ1v) is 11.0. The molecule has 2 atom stereocenters. The molecule has 2 aromatic carbocycles. The van der Waals surface area contributed by atoms with E-state index in [4.69, 9.17) is 14.7 Å². The zero-order valence-electron chi connectivity index (χ0n) is 19.1. The fourth-order valence-electron chi connectivity index (χ4n) is 5.24. The van der Waals surface area contributed by atoms with Crippen LogP contribution in [0.15, 0.2) is 42.5 Å². The van der Waals surface area contributed by atoms with Gasteiger partial charge in [-0.1, -0.05) is 12.1 Å². The monoisotopic (exact) mass is 473 g/mol. The van der Waals surface area contributed by atoms with Crippen LogP contribution < -0.4 is 9.64 Å². The average molecular weight is 473 g/mol.